The minimum absolute atomic E-state index is 0.343. The number of hydrogen-bond acceptors (Lipinski definition) is 3. The first-order valence-electron chi connectivity index (χ1n) is 4.82. The molecule has 76 valence electrons. The van der Waals surface area contributed by atoms with E-state index in [4.69, 9.17) is 9.47 Å². The highest BCUT2D eigenvalue weighted by Gasteiger charge is 2.22. The van der Waals surface area contributed by atoms with Crippen LogP contribution in [0.25, 0.3) is 0 Å². The molecule has 14 heavy (non-hydrogen) atoms. The average Bonchev–Trinajstić information content (AvgIpc) is 3.08. The third-order valence-electron chi connectivity index (χ3n) is 1.79. The van der Waals surface area contributed by atoms with Crippen LogP contribution in [0.4, 0.5) is 0 Å². The Morgan fingerprint density at radius 3 is 2.36 bits per heavy atom. The van der Waals surface area contributed by atoms with Crippen molar-refractivity contribution in [2.45, 2.75) is 6.10 Å². The summed E-state index contributed by atoms with van der Waals surface area (Å²) in [5.74, 6) is 0.919. The third-order valence-corrected chi connectivity index (χ3v) is 1.79. The normalized spacial score (nSPS) is 21.9. The zero-order valence-electron chi connectivity index (χ0n) is 8.02. The Morgan fingerprint density at radius 1 is 1.21 bits per heavy atom. The molecule has 0 aliphatic carbocycles. The van der Waals surface area contributed by atoms with Gasteiger partial charge in [0.05, 0.1) is 19.8 Å². The van der Waals surface area contributed by atoms with Crippen molar-refractivity contribution in [1.29, 1.82) is 0 Å². The predicted octanol–water partition coefficient (Wildman–Crippen LogP) is 1.48. The summed E-state index contributed by atoms with van der Waals surface area (Å²) < 4.78 is 14.9. The summed E-state index contributed by atoms with van der Waals surface area (Å²) in [4.78, 5) is 0. The van der Waals surface area contributed by atoms with E-state index in [0.717, 1.165) is 25.6 Å². The maximum absolute atomic E-state index is 5.40. The van der Waals surface area contributed by atoms with Crippen molar-refractivity contribution in [2.24, 2.45) is 0 Å². The van der Waals surface area contributed by atoms with E-state index < -0.39 is 0 Å². The molecule has 0 saturated carbocycles. The van der Waals surface area contributed by atoms with Gasteiger partial charge < -0.3 is 14.2 Å². The molecular formula is C11H14O3. The molecule has 0 radical (unpaired) electrons. The van der Waals surface area contributed by atoms with Crippen molar-refractivity contribution in [3.63, 3.8) is 0 Å². The molecule has 0 amide bonds. The van der Waals surface area contributed by atoms with Crippen LogP contribution in [0.15, 0.2) is 30.3 Å². The molecule has 2 fully saturated rings. The van der Waals surface area contributed by atoms with Gasteiger partial charge >= 0.3 is 0 Å². The molecule has 1 unspecified atom stereocenters. The summed E-state index contributed by atoms with van der Waals surface area (Å²) >= 11 is 0. The van der Waals surface area contributed by atoms with Crippen LogP contribution < -0.4 is 4.74 Å². The lowest BCUT2D eigenvalue weighted by atomic mass is 10.3. The van der Waals surface area contributed by atoms with Gasteiger partial charge in [-0.15, -0.1) is 0 Å². The minimum atomic E-state index is 0.343. The van der Waals surface area contributed by atoms with Crippen LogP contribution in [0.2, 0.25) is 0 Å². The fraction of sp³-hybridized carbons (Fsp3) is 0.455. The van der Waals surface area contributed by atoms with Crippen molar-refractivity contribution in [3.05, 3.63) is 30.3 Å². The van der Waals surface area contributed by atoms with E-state index in [-0.39, 0.29) is 0 Å². The van der Waals surface area contributed by atoms with E-state index in [9.17, 15) is 0 Å². The summed E-state index contributed by atoms with van der Waals surface area (Å²) in [7, 11) is 0. The second-order valence-corrected chi connectivity index (χ2v) is 3.19. The van der Waals surface area contributed by atoms with Crippen molar-refractivity contribution >= 4 is 0 Å². The number of para-hydroxylation sites is 1. The zero-order valence-corrected chi connectivity index (χ0v) is 8.02. The topological polar surface area (TPSA) is 34.3 Å². The van der Waals surface area contributed by atoms with Crippen LogP contribution in [-0.4, -0.2) is 32.5 Å². The molecule has 3 heteroatoms. The highest BCUT2D eigenvalue weighted by molar-refractivity contribution is 5.20. The Bertz CT molecular complexity index is 252. The summed E-state index contributed by atoms with van der Waals surface area (Å²) in [6.45, 7) is 3.54. The number of ether oxygens (including phenoxy) is 3. The molecule has 2 saturated heterocycles. The van der Waals surface area contributed by atoms with Crippen molar-refractivity contribution in [1.82, 2.24) is 0 Å². The van der Waals surface area contributed by atoms with Gasteiger partial charge in [-0.3, -0.25) is 0 Å². The van der Waals surface area contributed by atoms with E-state index in [0.29, 0.717) is 12.7 Å². The zero-order chi connectivity index (χ0) is 9.64. The number of benzene rings is 1. The van der Waals surface area contributed by atoms with Gasteiger partial charge in [0.25, 0.3) is 0 Å². The molecule has 2 heterocycles. The van der Waals surface area contributed by atoms with Crippen molar-refractivity contribution < 1.29 is 14.2 Å². The second-order valence-electron chi connectivity index (χ2n) is 3.19. The van der Waals surface area contributed by atoms with Gasteiger partial charge in [0.2, 0.25) is 0 Å². The SMILES string of the molecule is C1CO1.c1ccc(OCC2CO2)cc1. The lowest BCUT2D eigenvalue weighted by Gasteiger charge is -2.01. The molecule has 0 aromatic heterocycles. The molecule has 0 bridgehead atoms. The Balaban J connectivity index is 0.000000214. The van der Waals surface area contributed by atoms with Crippen LogP contribution in [0.1, 0.15) is 0 Å². The first-order chi connectivity index (χ1) is 6.95. The Kier molecular flexibility index (Phi) is 3.38. The van der Waals surface area contributed by atoms with Crippen LogP contribution in [0, 0.1) is 0 Å². The fourth-order valence-electron chi connectivity index (χ4n) is 0.870. The predicted molar refractivity (Wildman–Crippen MR) is 52.5 cm³/mol. The Labute approximate surface area is 83.6 Å². The minimum Gasteiger partial charge on any atom is -0.491 e. The molecule has 3 rings (SSSR count). The summed E-state index contributed by atoms with van der Waals surface area (Å²) in [5, 5.41) is 0. The van der Waals surface area contributed by atoms with Gasteiger partial charge in [0.15, 0.2) is 0 Å². The average molecular weight is 194 g/mol. The fourth-order valence-corrected chi connectivity index (χ4v) is 0.870. The molecule has 0 N–H and O–H groups in total. The molecule has 2 aliphatic rings. The highest BCUT2D eigenvalue weighted by Crippen LogP contribution is 2.13. The van der Waals surface area contributed by atoms with Gasteiger partial charge in [-0.25, -0.2) is 0 Å². The number of hydrogen-bond donors (Lipinski definition) is 0. The van der Waals surface area contributed by atoms with Crippen LogP contribution in [0.5, 0.6) is 5.75 Å². The second kappa shape index (κ2) is 4.98. The Morgan fingerprint density at radius 2 is 1.86 bits per heavy atom. The molecule has 1 aromatic rings. The summed E-state index contributed by atoms with van der Waals surface area (Å²) in [6.07, 6.45) is 0.343. The molecule has 3 nitrogen and oxygen atoms in total. The monoisotopic (exact) mass is 194 g/mol. The maximum Gasteiger partial charge on any atom is 0.119 e. The number of rotatable bonds is 3. The first kappa shape index (κ1) is 9.49. The van der Waals surface area contributed by atoms with E-state index in [1.54, 1.807) is 0 Å². The van der Waals surface area contributed by atoms with Crippen LogP contribution in [0.3, 0.4) is 0 Å². The van der Waals surface area contributed by atoms with E-state index >= 15 is 0 Å². The molecule has 2 aliphatic heterocycles. The highest BCUT2D eigenvalue weighted by atomic mass is 16.6. The smallest absolute Gasteiger partial charge is 0.119 e. The molecule has 1 aromatic carbocycles. The maximum atomic E-state index is 5.40. The van der Waals surface area contributed by atoms with Gasteiger partial charge in [0.1, 0.15) is 18.5 Å². The molecular weight excluding hydrogens is 180 g/mol. The van der Waals surface area contributed by atoms with E-state index in [1.165, 1.54) is 0 Å². The largest absolute Gasteiger partial charge is 0.491 e. The van der Waals surface area contributed by atoms with Crippen LogP contribution >= 0.6 is 0 Å². The lowest BCUT2D eigenvalue weighted by molar-refractivity contribution is 0.263. The van der Waals surface area contributed by atoms with Crippen molar-refractivity contribution in [2.75, 3.05) is 26.4 Å². The number of epoxide rings is 2. The lowest BCUT2D eigenvalue weighted by Crippen LogP contribution is -2.03. The molecule has 0 spiro atoms. The summed E-state index contributed by atoms with van der Waals surface area (Å²) in [5.41, 5.74) is 0. The van der Waals surface area contributed by atoms with Gasteiger partial charge in [-0.05, 0) is 12.1 Å². The van der Waals surface area contributed by atoms with Gasteiger partial charge in [0, 0.05) is 0 Å². The first-order valence-corrected chi connectivity index (χ1v) is 4.82. The van der Waals surface area contributed by atoms with Gasteiger partial charge in [-0.1, -0.05) is 18.2 Å². The van der Waals surface area contributed by atoms with Gasteiger partial charge in [-0.2, -0.15) is 0 Å². The standard InChI is InChI=1S/C9H10O2.C2H4O/c1-2-4-8(5-3-1)10-6-9-7-11-9;1-2-3-1/h1-5,9H,6-7H2;1-2H2. The summed E-state index contributed by atoms with van der Waals surface area (Å²) in [6, 6.07) is 9.79. The van der Waals surface area contributed by atoms with Crippen molar-refractivity contribution in [3.8, 4) is 5.75 Å². The quantitative estimate of drug-likeness (QED) is 0.683. The Hall–Kier alpha value is -1.06. The van der Waals surface area contributed by atoms with E-state index in [2.05, 4.69) is 4.74 Å². The van der Waals surface area contributed by atoms with Crippen LogP contribution in [-0.2, 0) is 9.47 Å². The van der Waals surface area contributed by atoms with E-state index in [1.807, 2.05) is 30.3 Å². The molecule has 1 atom stereocenters. The third kappa shape index (κ3) is 4.25.